The van der Waals surface area contributed by atoms with Crippen molar-refractivity contribution in [3.63, 3.8) is 0 Å². The maximum Gasteiger partial charge on any atom is 0.247 e. The summed E-state index contributed by atoms with van der Waals surface area (Å²) in [6.45, 7) is 4.58. The van der Waals surface area contributed by atoms with Crippen LogP contribution < -0.4 is 0 Å². The smallest absolute Gasteiger partial charge is 0.247 e. The van der Waals surface area contributed by atoms with Gasteiger partial charge >= 0.3 is 0 Å². The average Bonchev–Trinajstić information content (AvgIpc) is 3.47. The molecule has 1 saturated carbocycles. The number of aromatic nitrogens is 2. The molecule has 0 unspecified atom stereocenters. The summed E-state index contributed by atoms with van der Waals surface area (Å²) in [5, 5.41) is 8.92. The van der Waals surface area contributed by atoms with Gasteiger partial charge in [-0.1, -0.05) is 17.7 Å². The normalized spacial score (nSPS) is 13.4. The van der Waals surface area contributed by atoms with Crippen LogP contribution in [0.3, 0.4) is 0 Å². The highest BCUT2D eigenvalue weighted by atomic mass is 35.5. The fraction of sp³-hybridized carbons (Fsp3) is 0.348. The van der Waals surface area contributed by atoms with Gasteiger partial charge in [-0.05, 0) is 74.2 Å². The van der Waals surface area contributed by atoms with Gasteiger partial charge < -0.3 is 9.32 Å². The Morgan fingerprint density at radius 1 is 1.13 bits per heavy atom. The predicted octanol–water partition coefficient (Wildman–Crippen LogP) is 5.68. The van der Waals surface area contributed by atoms with Crippen molar-refractivity contribution in [2.24, 2.45) is 0 Å². The molecule has 0 bridgehead atoms. The van der Waals surface area contributed by atoms with Gasteiger partial charge in [0.05, 0.1) is 6.54 Å². The average molecular weight is 442 g/mol. The quantitative estimate of drug-likeness (QED) is 0.421. The first-order chi connectivity index (χ1) is 14.5. The summed E-state index contributed by atoms with van der Waals surface area (Å²) in [6, 6.07) is 14.0. The highest BCUT2D eigenvalue weighted by Gasteiger charge is 2.33. The van der Waals surface area contributed by atoms with Crippen LogP contribution in [-0.2, 0) is 11.3 Å². The number of hydrogen-bond acceptors (Lipinski definition) is 5. The van der Waals surface area contributed by atoms with E-state index >= 15 is 0 Å². The Morgan fingerprint density at radius 2 is 1.90 bits per heavy atom. The first kappa shape index (κ1) is 20.9. The van der Waals surface area contributed by atoms with Crippen LogP contribution in [0.4, 0.5) is 0 Å². The van der Waals surface area contributed by atoms with Crippen molar-refractivity contribution in [1.29, 1.82) is 0 Å². The second-order valence-electron chi connectivity index (χ2n) is 7.61. The third kappa shape index (κ3) is 5.24. The van der Waals surface area contributed by atoms with Crippen molar-refractivity contribution < 1.29 is 9.21 Å². The number of carbonyl (C=O) groups excluding carboxylic acids is 1. The van der Waals surface area contributed by atoms with Gasteiger partial charge in [0.15, 0.2) is 0 Å². The fourth-order valence-electron chi connectivity index (χ4n) is 3.18. The molecule has 0 aliphatic heterocycles. The summed E-state index contributed by atoms with van der Waals surface area (Å²) in [4.78, 5) is 16.0. The van der Waals surface area contributed by atoms with Crippen LogP contribution in [0.15, 0.2) is 51.8 Å². The first-order valence-corrected chi connectivity index (χ1v) is 11.4. The number of thioether (sulfide) groups is 1. The van der Waals surface area contributed by atoms with Gasteiger partial charge in [0.1, 0.15) is 0 Å². The van der Waals surface area contributed by atoms with Crippen LogP contribution in [0.25, 0.3) is 11.5 Å². The molecule has 0 radical (unpaired) electrons. The summed E-state index contributed by atoms with van der Waals surface area (Å²) in [7, 11) is 0. The van der Waals surface area contributed by atoms with E-state index in [1.165, 1.54) is 16.0 Å². The number of hydrogen-bond donors (Lipinski definition) is 0. The zero-order chi connectivity index (χ0) is 21.1. The van der Waals surface area contributed by atoms with Gasteiger partial charge in [-0.25, -0.2) is 0 Å². The molecule has 4 rings (SSSR count). The minimum Gasteiger partial charge on any atom is -0.419 e. The van der Waals surface area contributed by atoms with Crippen molar-refractivity contribution in [1.82, 2.24) is 15.1 Å². The van der Waals surface area contributed by atoms with Gasteiger partial charge in [-0.15, -0.1) is 22.0 Å². The zero-order valence-electron chi connectivity index (χ0n) is 17.1. The molecule has 1 fully saturated rings. The Bertz CT molecular complexity index is 1030. The molecule has 156 valence electrons. The first-order valence-electron chi connectivity index (χ1n) is 10.1. The lowest BCUT2D eigenvalue weighted by Crippen LogP contribution is -2.32. The van der Waals surface area contributed by atoms with Crippen molar-refractivity contribution >= 4 is 29.3 Å². The number of halogens is 1. The number of benzene rings is 2. The van der Waals surface area contributed by atoms with E-state index in [0.717, 1.165) is 24.2 Å². The lowest BCUT2D eigenvalue weighted by atomic mass is 10.1. The van der Waals surface area contributed by atoms with E-state index in [-0.39, 0.29) is 11.9 Å². The van der Waals surface area contributed by atoms with Gasteiger partial charge in [0, 0.05) is 33.7 Å². The van der Waals surface area contributed by atoms with Gasteiger partial charge in [-0.3, -0.25) is 4.79 Å². The van der Waals surface area contributed by atoms with Crippen LogP contribution in [0.1, 0.15) is 36.3 Å². The molecule has 0 spiro atoms. The minimum absolute atomic E-state index is 0.139. The van der Waals surface area contributed by atoms with Gasteiger partial charge in [0.25, 0.3) is 0 Å². The number of amides is 1. The summed E-state index contributed by atoms with van der Waals surface area (Å²) in [5.74, 6) is 1.79. The van der Waals surface area contributed by atoms with Crippen molar-refractivity contribution in [2.75, 3.05) is 5.75 Å². The Hall–Kier alpha value is -2.31. The molecule has 1 aliphatic carbocycles. The standard InChI is InChI=1S/C23H24ClN3O2S/c1-15-3-10-20(13-16(15)2)30-12-11-22(28)27(19-8-9-19)14-21-25-26-23(29-21)17-4-6-18(24)7-5-17/h3-7,10,13,19H,8-9,11-12,14H2,1-2H3. The molecule has 1 aliphatic rings. The highest BCUT2D eigenvalue weighted by Crippen LogP contribution is 2.30. The van der Waals surface area contributed by atoms with Crippen LogP contribution in [0.2, 0.25) is 5.02 Å². The summed E-state index contributed by atoms with van der Waals surface area (Å²) < 4.78 is 5.80. The molecule has 3 aromatic rings. The maximum absolute atomic E-state index is 12.9. The second-order valence-corrected chi connectivity index (χ2v) is 9.21. The highest BCUT2D eigenvalue weighted by molar-refractivity contribution is 7.99. The molecule has 0 N–H and O–H groups in total. The molecule has 2 aromatic carbocycles. The molecule has 7 heteroatoms. The van der Waals surface area contributed by atoms with E-state index in [2.05, 4.69) is 42.2 Å². The Labute approximate surface area is 185 Å². The third-order valence-corrected chi connectivity index (χ3v) is 6.48. The molecule has 1 amide bonds. The van der Waals surface area contributed by atoms with Gasteiger partial charge in [0.2, 0.25) is 17.7 Å². The Morgan fingerprint density at radius 3 is 2.60 bits per heavy atom. The minimum atomic E-state index is 0.139. The third-order valence-electron chi connectivity index (χ3n) is 5.23. The lowest BCUT2D eigenvalue weighted by Gasteiger charge is -2.20. The van der Waals surface area contributed by atoms with Crippen molar-refractivity contribution in [2.45, 2.75) is 50.6 Å². The predicted molar refractivity (Wildman–Crippen MR) is 120 cm³/mol. The largest absolute Gasteiger partial charge is 0.419 e. The van der Waals surface area contributed by atoms with Crippen LogP contribution in [0, 0.1) is 13.8 Å². The Kier molecular flexibility index (Phi) is 6.44. The number of nitrogens with zero attached hydrogens (tertiary/aromatic N) is 3. The fourth-order valence-corrected chi connectivity index (χ4v) is 4.25. The van der Waals surface area contributed by atoms with E-state index < -0.39 is 0 Å². The lowest BCUT2D eigenvalue weighted by molar-refractivity contribution is -0.132. The topological polar surface area (TPSA) is 59.2 Å². The number of carbonyl (C=O) groups is 1. The molecule has 0 saturated heterocycles. The summed E-state index contributed by atoms with van der Waals surface area (Å²) >= 11 is 7.65. The van der Waals surface area contributed by atoms with E-state index in [1.54, 1.807) is 23.9 Å². The van der Waals surface area contributed by atoms with E-state index in [0.29, 0.717) is 29.8 Å². The SMILES string of the molecule is Cc1ccc(SCCC(=O)N(Cc2nnc(-c3ccc(Cl)cc3)o2)C2CC2)cc1C. The van der Waals surface area contributed by atoms with E-state index in [1.807, 2.05) is 17.0 Å². The monoisotopic (exact) mass is 441 g/mol. The summed E-state index contributed by atoms with van der Waals surface area (Å²) in [5.41, 5.74) is 3.37. The number of aryl methyl sites for hydroxylation is 2. The van der Waals surface area contributed by atoms with Crippen LogP contribution >= 0.6 is 23.4 Å². The molecule has 5 nitrogen and oxygen atoms in total. The van der Waals surface area contributed by atoms with Crippen molar-refractivity contribution in [3.8, 4) is 11.5 Å². The number of rotatable bonds is 8. The Balaban J connectivity index is 1.35. The zero-order valence-corrected chi connectivity index (χ0v) is 18.7. The molecule has 30 heavy (non-hydrogen) atoms. The molecular weight excluding hydrogens is 418 g/mol. The van der Waals surface area contributed by atoms with Crippen LogP contribution in [0.5, 0.6) is 0 Å². The molecule has 1 heterocycles. The van der Waals surface area contributed by atoms with E-state index in [9.17, 15) is 4.79 Å². The molecule has 1 aromatic heterocycles. The van der Waals surface area contributed by atoms with Gasteiger partial charge in [-0.2, -0.15) is 0 Å². The summed E-state index contributed by atoms with van der Waals surface area (Å²) in [6.07, 6.45) is 2.56. The second kappa shape index (κ2) is 9.23. The van der Waals surface area contributed by atoms with Crippen LogP contribution in [-0.4, -0.2) is 32.8 Å². The molecular formula is C23H24ClN3O2S. The maximum atomic E-state index is 12.9. The van der Waals surface area contributed by atoms with Crippen molar-refractivity contribution in [3.05, 3.63) is 64.5 Å². The molecule has 0 atom stereocenters. The van der Waals surface area contributed by atoms with E-state index in [4.69, 9.17) is 16.0 Å².